The summed E-state index contributed by atoms with van der Waals surface area (Å²) in [6.45, 7) is 4.68. The van der Waals surface area contributed by atoms with Crippen molar-refractivity contribution in [3.05, 3.63) is 0 Å². The summed E-state index contributed by atoms with van der Waals surface area (Å²) in [4.78, 5) is 11.1. The van der Waals surface area contributed by atoms with Crippen molar-refractivity contribution in [2.24, 2.45) is 5.73 Å². The van der Waals surface area contributed by atoms with Gasteiger partial charge >= 0.3 is 5.97 Å². The van der Waals surface area contributed by atoms with Crippen molar-refractivity contribution in [1.29, 1.82) is 0 Å². The Morgan fingerprint density at radius 1 is 1.47 bits per heavy atom. The molecule has 1 aliphatic carbocycles. The summed E-state index contributed by atoms with van der Waals surface area (Å²) in [5, 5.41) is 9.55. The molecule has 110 valence electrons. The summed E-state index contributed by atoms with van der Waals surface area (Å²) in [5.74, 6) is -0.917. The third-order valence-electron chi connectivity index (χ3n) is 4.45. The molecule has 0 aromatic carbocycles. The van der Waals surface area contributed by atoms with Crippen molar-refractivity contribution in [2.45, 2.75) is 74.0 Å². The van der Waals surface area contributed by atoms with Gasteiger partial charge in [-0.15, -0.1) is 11.8 Å². The SMILES string of the molecule is CC(C)(SC1CCOC2(CCCC2)C1)[C@H](N)C(=O)O. The first-order valence-electron chi connectivity index (χ1n) is 7.15. The average molecular weight is 287 g/mol. The lowest BCUT2D eigenvalue weighted by Crippen LogP contribution is -2.49. The molecule has 0 bridgehead atoms. The predicted molar refractivity (Wildman–Crippen MR) is 77.5 cm³/mol. The number of hydrogen-bond donors (Lipinski definition) is 2. The molecule has 0 radical (unpaired) electrons. The van der Waals surface area contributed by atoms with Crippen molar-refractivity contribution in [2.75, 3.05) is 6.61 Å². The lowest BCUT2D eigenvalue weighted by Gasteiger charge is -2.41. The fraction of sp³-hybridized carbons (Fsp3) is 0.929. The summed E-state index contributed by atoms with van der Waals surface area (Å²) in [6.07, 6.45) is 6.89. The minimum absolute atomic E-state index is 0.0827. The molecule has 1 heterocycles. The van der Waals surface area contributed by atoms with E-state index in [0.29, 0.717) is 5.25 Å². The highest BCUT2D eigenvalue weighted by Gasteiger charge is 2.43. The van der Waals surface area contributed by atoms with Crippen LogP contribution in [0.4, 0.5) is 0 Å². The molecule has 19 heavy (non-hydrogen) atoms. The molecule has 2 aliphatic rings. The van der Waals surface area contributed by atoms with Crippen LogP contribution in [0, 0.1) is 0 Å². The zero-order valence-electron chi connectivity index (χ0n) is 11.9. The minimum atomic E-state index is -0.917. The minimum Gasteiger partial charge on any atom is -0.480 e. The van der Waals surface area contributed by atoms with Gasteiger partial charge in [0.2, 0.25) is 0 Å². The van der Waals surface area contributed by atoms with E-state index in [1.807, 2.05) is 13.8 Å². The molecule has 4 nitrogen and oxygen atoms in total. The molecule has 3 N–H and O–H groups in total. The van der Waals surface area contributed by atoms with Gasteiger partial charge in [-0.1, -0.05) is 12.8 Å². The van der Waals surface area contributed by atoms with E-state index in [1.165, 1.54) is 12.8 Å². The van der Waals surface area contributed by atoms with Gasteiger partial charge in [0.05, 0.1) is 5.60 Å². The van der Waals surface area contributed by atoms with Gasteiger partial charge in [0.25, 0.3) is 0 Å². The van der Waals surface area contributed by atoms with Gasteiger partial charge in [0.15, 0.2) is 0 Å². The number of thioether (sulfide) groups is 1. The Balaban J connectivity index is 1.96. The van der Waals surface area contributed by atoms with Crippen LogP contribution in [0.2, 0.25) is 0 Å². The zero-order valence-corrected chi connectivity index (χ0v) is 12.7. The van der Waals surface area contributed by atoms with E-state index in [1.54, 1.807) is 11.8 Å². The first kappa shape index (κ1) is 15.1. The third kappa shape index (κ3) is 3.44. The van der Waals surface area contributed by atoms with Gasteiger partial charge < -0.3 is 15.6 Å². The van der Waals surface area contributed by atoms with Crippen LogP contribution in [-0.4, -0.2) is 39.3 Å². The molecule has 2 atom stereocenters. The molecule has 0 amide bonds. The Hall–Kier alpha value is -0.260. The number of rotatable bonds is 4. The van der Waals surface area contributed by atoms with Crippen LogP contribution in [0.3, 0.4) is 0 Å². The van der Waals surface area contributed by atoms with Gasteiger partial charge in [-0.05, 0) is 39.5 Å². The topological polar surface area (TPSA) is 72.5 Å². The fourth-order valence-corrected chi connectivity index (χ4v) is 4.96. The van der Waals surface area contributed by atoms with Crippen LogP contribution in [-0.2, 0) is 9.53 Å². The van der Waals surface area contributed by atoms with Crippen molar-refractivity contribution in [1.82, 2.24) is 0 Å². The number of hydrogen-bond acceptors (Lipinski definition) is 4. The predicted octanol–water partition coefficient (Wildman–Crippen LogP) is 2.40. The number of carboxylic acids is 1. The second kappa shape index (κ2) is 5.62. The number of carbonyl (C=O) groups is 1. The van der Waals surface area contributed by atoms with Gasteiger partial charge in [0, 0.05) is 16.6 Å². The first-order chi connectivity index (χ1) is 8.85. The fourth-order valence-electron chi connectivity index (χ4n) is 3.25. The Morgan fingerprint density at radius 3 is 2.68 bits per heavy atom. The van der Waals surface area contributed by atoms with Crippen molar-refractivity contribution < 1.29 is 14.6 Å². The number of nitrogens with two attached hydrogens (primary N) is 1. The van der Waals surface area contributed by atoms with E-state index in [9.17, 15) is 4.79 Å². The quantitative estimate of drug-likeness (QED) is 0.830. The molecular formula is C14H25NO3S. The van der Waals surface area contributed by atoms with Gasteiger partial charge in [-0.25, -0.2) is 0 Å². The number of aliphatic carboxylic acids is 1. The smallest absolute Gasteiger partial charge is 0.321 e. The Bertz CT molecular complexity index is 340. The molecule has 1 aliphatic heterocycles. The van der Waals surface area contributed by atoms with E-state index in [0.717, 1.165) is 32.3 Å². The molecule has 1 saturated carbocycles. The number of ether oxygens (including phenoxy) is 1. The van der Waals surface area contributed by atoms with Crippen LogP contribution in [0.1, 0.15) is 52.4 Å². The third-order valence-corrected chi connectivity index (χ3v) is 6.05. The zero-order chi connectivity index (χ0) is 14.1. The van der Waals surface area contributed by atoms with E-state index < -0.39 is 16.8 Å². The van der Waals surface area contributed by atoms with E-state index >= 15 is 0 Å². The Kier molecular flexibility index (Phi) is 4.48. The molecule has 0 aromatic heterocycles. The Labute approximate surface area is 119 Å². The van der Waals surface area contributed by atoms with E-state index in [2.05, 4.69) is 0 Å². The van der Waals surface area contributed by atoms with Crippen LogP contribution < -0.4 is 5.73 Å². The van der Waals surface area contributed by atoms with Crippen molar-refractivity contribution in [3.8, 4) is 0 Å². The highest BCUT2D eigenvalue weighted by molar-refractivity contribution is 8.01. The maximum absolute atomic E-state index is 11.1. The van der Waals surface area contributed by atoms with Crippen molar-refractivity contribution in [3.63, 3.8) is 0 Å². The van der Waals surface area contributed by atoms with Crippen molar-refractivity contribution >= 4 is 17.7 Å². The standard InChI is InChI=1S/C14H25NO3S/c1-13(2,11(15)12(16)17)19-10-5-8-18-14(9-10)6-3-4-7-14/h10-11H,3-9,15H2,1-2H3,(H,16,17)/t10?,11-/m1/s1. The summed E-state index contributed by atoms with van der Waals surface area (Å²) < 4.78 is 5.58. The molecule has 5 heteroatoms. The highest BCUT2D eigenvalue weighted by Crippen LogP contribution is 2.45. The van der Waals surface area contributed by atoms with Crippen LogP contribution in [0.15, 0.2) is 0 Å². The van der Waals surface area contributed by atoms with Gasteiger partial charge in [-0.3, -0.25) is 4.79 Å². The summed E-state index contributed by atoms with van der Waals surface area (Å²) >= 11 is 1.73. The second-order valence-electron chi connectivity index (χ2n) is 6.39. The summed E-state index contributed by atoms with van der Waals surface area (Å²) in [7, 11) is 0. The first-order valence-corrected chi connectivity index (χ1v) is 8.03. The molecule has 0 aromatic rings. The maximum Gasteiger partial charge on any atom is 0.321 e. The maximum atomic E-state index is 11.1. The Morgan fingerprint density at radius 2 is 2.11 bits per heavy atom. The lowest BCUT2D eigenvalue weighted by molar-refractivity contribution is -0.139. The molecule has 1 saturated heterocycles. The largest absolute Gasteiger partial charge is 0.480 e. The average Bonchev–Trinajstić information content (AvgIpc) is 2.75. The monoisotopic (exact) mass is 287 g/mol. The van der Waals surface area contributed by atoms with Crippen LogP contribution in [0.25, 0.3) is 0 Å². The van der Waals surface area contributed by atoms with Crippen LogP contribution in [0.5, 0.6) is 0 Å². The second-order valence-corrected chi connectivity index (χ2v) is 8.35. The van der Waals surface area contributed by atoms with E-state index in [-0.39, 0.29) is 5.60 Å². The lowest BCUT2D eigenvalue weighted by atomic mass is 9.92. The molecule has 1 unspecified atom stereocenters. The van der Waals surface area contributed by atoms with Gasteiger partial charge in [-0.2, -0.15) is 0 Å². The highest BCUT2D eigenvalue weighted by atomic mass is 32.2. The molecule has 1 spiro atoms. The molecular weight excluding hydrogens is 262 g/mol. The van der Waals surface area contributed by atoms with Crippen LogP contribution >= 0.6 is 11.8 Å². The summed E-state index contributed by atoms with van der Waals surface area (Å²) in [6, 6.07) is -0.820. The molecule has 2 rings (SSSR count). The summed E-state index contributed by atoms with van der Waals surface area (Å²) in [5.41, 5.74) is 5.89. The van der Waals surface area contributed by atoms with E-state index in [4.69, 9.17) is 15.6 Å². The normalized spacial score (nSPS) is 28.5. The molecule has 2 fully saturated rings. The van der Waals surface area contributed by atoms with Gasteiger partial charge in [0.1, 0.15) is 6.04 Å². The number of carboxylic acid groups (broad SMARTS) is 1.